The van der Waals surface area contributed by atoms with Crippen molar-refractivity contribution >= 4 is 39.9 Å². The quantitative estimate of drug-likeness (QED) is 0.611. The predicted octanol–water partition coefficient (Wildman–Crippen LogP) is 2.78. The van der Waals surface area contributed by atoms with Crippen molar-refractivity contribution in [3.8, 4) is 0 Å². The van der Waals surface area contributed by atoms with Crippen molar-refractivity contribution in [1.29, 1.82) is 0 Å². The van der Waals surface area contributed by atoms with Crippen molar-refractivity contribution in [3.05, 3.63) is 22.6 Å². The van der Waals surface area contributed by atoms with Gasteiger partial charge in [-0.3, -0.25) is 4.79 Å². The van der Waals surface area contributed by atoms with Crippen LogP contribution in [0.1, 0.15) is 17.7 Å². The Hall–Kier alpha value is -2.16. The number of piperidine rings is 1. The number of halogens is 3. The van der Waals surface area contributed by atoms with Crippen molar-refractivity contribution in [2.75, 3.05) is 18.0 Å². The van der Waals surface area contributed by atoms with Crippen molar-refractivity contribution in [2.45, 2.75) is 19.0 Å². The molecule has 5 nitrogen and oxygen atoms in total. The third kappa shape index (κ3) is 3.29. The fourth-order valence-corrected chi connectivity index (χ4v) is 3.32. The number of hydrogen-bond acceptors (Lipinski definition) is 6. The summed E-state index contributed by atoms with van der Waals surface area (Å²) in [6, 6.07) is 3.39. The fourth-order valence-electron chi connectivity index (χ4n) is 2.32. The van der Waals surface area contributed by atoms with Crippen LogP contribution in [0.2, 0.25) is 0 Å². The molecule has 3 rings (SSSR count). The van der Waals surface area contributed by atoms with Gasteiger partial charge in [0.15, 0.2) is 5.71 Å². The average molecular weight is 344 g/mol. The standard InChI is InChI=1S/C14H11F3N2O3S/c15-14(16,17)12-10(13(21)22-18-12)7-9-1-2-11(23-9)19-5-3-8(20)4-6-19/h1-2,7H,3-6H2/b10-7+. The van der Waals surface area contributed by atoms with E-state index in [2.05, 4.69) is 9.99 Å². The van der Waals surface area contributed by atoms with Crippen LogP contribution in [0.15, 0.2) is 22.9 Å². The van der Waals surface area contributed by atoms with E-state index in [1.54, 1.807) is 12.1 Å². The summed E-state index contributed by atoms with van der Waals surface area (Å²) in [6.07, 6.45) is -2.69. The molecule has 1 aromatic heterocycles. The van der Waals surface area contributed by atoms with Gasteiger partial charge in [-0.2, -0.15) is 13.2 Å². The number of rotatable bonds is 2. The van der Waals surface area contributed by atoms with Crippen molar-refractivity contribution in [2.24, 2.45) is 5.16 Å². The fraction of sp³-hybridized carbons (Fsp3) is 0.357. The minimum atomic E-state index is -4.74. The highest BCUT2D eigenvalue weighted by Gasteiger charge is 2.45. The number of Topliss-reactive ketones (excluding diaryl/α,β-unsaturated/α-hetero) is 1. The van der Waals surface area contributed by atoms with Gasteiger partial charge in [0.2, 0.25) is 0 Å². The maximum Gasteiger partial charge on any atom is 0.437 e. The van der Waals surface area contributed by atoms with Crippen LogP contribution in [0.5, 0.6) is 0 Å². The van der Waals surface area contributed by atoms with Crippen LogP contribution in [0, 0.1) is 0 Å². The van der Waals surface area contributed by atoms with Gasteiger partial charge in [-0.25, -0.2) is 4.79 Å². The molecule has 0 radical (unpaired) electrons. The molecular weight excluding hydrogens is 333 g/mol. The van der Waals surface area contributed by atoms with Crippen molar-refractivity contribution in [3.63, 3.8) is 0 Å². The van der Waals surface area contributed by atoms with Crippen LogP contribution in [0.3, 0.4) is 0 Å². The number of anilines is 1. The summed E-state index contributed by atoms with van der Waals surface area (Å²) in [5.74, 6) is -0.907. The molecule has 1 saturated heterocycles. The number of carbonyl (C=O) groups is 2. The Morgan fingerprint density at radius 2 is 1.91 bits per heavy atom. The molecule has 0 aliphatic carbocycles. The first-order valence-corrected chi connectivity index (χ1v) is 7.61. The molecule has 0 bridgehead atoms. The topological polar surface area (TPSA) is 59.0 Å². The molecule has 0 atom stereocenters. The lowest BCUT2D eigenvalue weighted by atomic mass is 10.1. The summed E-state index contributed by atoms with van der Waals surface area (Å²) in [4.78, 5) is 29.3. The van der Waals surface area contributed by atoms with Crippen molar-refractivity contribution < 1.29 is 27.6 Å². The zero-order valence-corrected chi connectivity index (χ0v) is 12.5. The van der Waals surface area contributed by atoms with E-state index in [0.29, 0.717) is 30.8 Å². The Morgan fingerprint density at radius 1 is 1.22 bits per heavy atom. The second kappa shape index (κ2) is 5.80. The van der Waals surface area contributed by atoms with Crippen LogP contribution in [0.25, 0.3) is 6.08 Å². The zero-order valence-electron chi connectivity index (χ0n) is 11.7. The van der Waals surface area contributed by atoms with Gasteiger partial charge in [0.1, 0.15) is 5.78 Å². The normalized spacial score (nSPS) is 20.9. The Bertz CT molecular complexity index is 711. The lowest BCUT2D eigenvalue weighted by Crippen LogP contribution is -2.33. The molecular formula is C14H11F3N2O3S. The Labute approximate surface area is 133 Å². The van der Waals surface area contributed by atoms with Crippen LogP contribution >= 0.6 is 11.3 Å². The van der Waals surface area contributed by atoms with Crippen LogP contribution in [0.4, 0.5) is 18.2 Å². The molecule has 23 heavy (non-hydrogen) atoms. The highest BCUT2D eigenvalue weighted by atomic mass is 32.1. The molecule has 9 heteroatoms. The molecule has 0 spiro atoms. The number of hydrogen-bond donors (Lipinski definition) is 0. The molecule has 0 unspecified atom stereocenters. The molecule has 122 valence electrons. The first-order chi connectivity index (χ1) is 10.8. The van der Waals surface area contributed by atoms with E-state index < -0.39 is 23.4 Å². The molecule has 2 aliphatic rings. The smallest absolute Gasteiger partial charge is 0.363 e. The van der Waals surface area contributed by atoms with E-state index in [9.17, 15) is 22.8 Å². The largest absolute Gasteiger partial charge is 0.437 e. The first-order valence-electron chi connectivity index (χ1n) is 6.79. The van der Waals surface area contributed by atoms with Gasteiger partial charge in [0.05, 0.1) is 10.6 Å². The number of nitrogens with zero attached hydrogens (tertiary/aromatic N) is 2. The minimum Gasteiger partial charge on any atom is -0.363 e. The lowest BCUT2D eigenvalue weighted by Gasteiger charge is -2.26. The minimum absolute atomic E-state index is 0.208. The van der Waals surface area contributed by atoms with Gasteiger partial charge >= 0.3 is 12.1 Å². The van der Waals surface area contributed by atoms with Gasteiger partial charge in [-0.05, 0) is 18.2 Å². The van der Waals surface area contributed by atoms with E-state index in [-0.39, 0.29) is 5.78 Å². The Morgan fingerprint density at radius 3 is 2.57 bits per heavy atom. The lowest BCUT2D eigenvalue weighted by molar-refractivity contribution is -0.136. The second-order valence-electron chi connectivity index (χ2n) is 5.08. The molecule has 0 saturated carbocycles. The van der Waals surface area contributed by atoms with Gasteiger partial charge in [-0.1, -0.05) is 5.16 Å². The first kappa shape index (κ1) is 15.7. The predicted molar refractivity (Wildman–Crippen MR) is 78.3 cm³/mol. The Balaban J connectivity index is 1.82. The molecule has 0 amide bonds. The van der Waals surface area contributed by atoms with Gasteiger partial charge in [-0.15, -0.1) is 11.3 Å². The maximum atomic E-state index is 12.8. The van der Waals surface area contributed by atoms with E-state index in [0.717, 1.165) is 11.1 Å². The molecule has 3 heterocycles. The van der Waals surface area contributed by atoms with Gasteiger partial charge in [0, 0.05) is 30.8 Å². The summed E-state index contributed by atoms with van der Waals surface area (Å²) >= 11 is 1.25. The average Bonchev–Trinajstić information content (AvgIpc) is 3.08. The monoisotopic (exact) mass is 344 g/mol. The van der Waals surface area contributed by atoms with E-state index >= 15 is 0 Å². The van der Waals surface area contributed by atoms with Crippen LogP contribution in [-0.2, 0) is 14.4 Å². The summed E-state index contributed by atoms with van der Waals surface area (Å²) in [6.45, 7) is 1.18. The van der Waals surface area contributed by atoms with Gasteiger partial charge in [0.25, 0.3) is 0 Å². The summed E-state index contributed by atoms with van der Waals surface area (Å²) < 4.78 is 38.3. The summed E-state index contributed by atoms with van der Waals surface area (Å²) in [5.41, 5.74) is -1.92. The van der Waals surface area contributed by atoms with Gasteiger partial charge < -0.3 is 9.74 Å². The molecule has 0 N–H and O–H groups in total. The highest BCUT2D eigenvalue weighted by Crippen LogP contribution is 2.32. The van der Waals surface area contributed by atoms with E-state index in [1.807, 2.05) is 4.90 Å². The van der Waals surface area contributed by atoms with Crippen molar-refractivity contribution in [1.82, 2.24) is 0 Å². The second-order valence-corrected chi connectivity index (χ2v) is 6.17. The SMILES string of the molecule is O=C1CCN(c2ccc(/C=C3/C(=O)ON=C3C(F)(F)F)s2)CC1. The van der Waals surface area contributed by atoms with Crippen LogP contribution < -0.4 is 4.90 Å². The van der Waals surface area contributed by atoms with E-state index in [4.69, 9.17) is 0 Å². The third-order valence-corrected chi connectivity index (χ3v) is 4.59. The van der Waals surface area contributed by atoms with Crippen LogP contribution in [-0.4, -0.2) is 36.7 Å². The third-order valence-electron chi connectivity index (χ3n) is 3.50. The number of carbonyl (C=O) groups excluding carboxylic acids is 2. The molecule has 1 fully saturated rings. The zero-order chi connectivity index (χ0) is 16.6. The summed E-state index contributed by atoms with van der Waals surface area (Å²) in [5, 5.41) is 3.65. The number of oxime groups is 1. The molecule has 1 aromatic rings. The molecule has 0 aromatic carbocycles. The number of alkyl halides is 3. The maximum absolute atomic E-state index is 12.8. The Kier molecular flexibility index (Phi) is 3.97. The highest BCUT2D eigenvalue weighted by molar-refractivity contribution is 7.17. The summed E-state index contributed by atoms with van der Waals surface area (Å²) in [7, 11) is 0. The van der Waals surface area contributed by atoms with E-state index in [1.165, 1.54) is 11.3 Å². The number of thiophene rings is 1. The number of ketones is 1. The molecule has 2 aliphatic heterocycles.